The summed E-state index contributed by atoms with van der Waals surface area (Å²) >= 11 is 1.57. The molecule has 0 bridgehead atoms. The highest BCUT2D eigenvalue weighted by Crippen LogP contribution is 2.34. The van der Waals surface area contributed by atoms with Crippen molar-refractivity contribution in [3.8, 4) is 0 Å². The van der Waals surface area contributed by atoms with Gasteiger partial charge in [-0.3, -0.25) is 9.79 Å². The molecule has 0 fully saturated rings. The zero-order chi connectivity index (χ0) is 15.6. The fraction of sp³-hybridized carbons (Fsp3) is 0.267. The molecule has 1 aromatic heterocycles. The van der Waals surface area contributed by atoms with Crippen molar-refractivity contribution in [2.24, 2.45) is 10.7 Å². The average Bonchev–Trinajstić information content (AvgIpc) is 3.00. The van der Waals surface area contributed by atoms with Crippen LogP contribution in [0, 0.1) is 0 Å². The summed E-state index contributed by atoms with van der Waals surface area (Å²) in [4.78, 5) is 16.6. The molecular weight excluding hydrogens is 300 g/mol. The van der Waals surface area contributed by atoms with Gasteiger partial charge in [0.05, 0.1) is 5.54 Å². The topological polar surface area (TPSA) is 93.5 Å². The zero-order valence-corrected chi connectivity index (χ0v) is 12.9. The predicted molar refractivity (Wildman–Crippen MR) is 86.9 cm³/mol. The minimum Gasteiger partial charge on any atom is -0.379 e. The molecule has 0 saturated carbocycles. The maximum atomic E-state index is 12.1. The number of benzene rings is 1. The van der Waals surface area contributed by atoms with Gasteiger partial charge in [0.25, 0.3) is 5.91 Å². The first-order chi connectivity index (χ1) is 10.6. The first-order valence-electron chi connectivity index (χ1n) is 6.87. The maximum absolute atomic E-state index is 12.1. The number of nitrogens with zero attached hydrogens (tertiary/aromatic N) is 2. The number of thioether (sulfide) groups is 1. The average molecular weight is 316 g/mol. The minimum absolute atomic E-state index is 0.229. The number of anilines is 1. The summed E-state index contributed by atoms with van der Waals surface area (Å²) in [6.45, 7) is 2.06. The number of nitrogens with one attached hydrogen (secondary N) is 1. The molecule has 114 valence electrons. The zero-order valence-electron chi connectivity index (χ0n) is 12.1. The highest BCUT2D eigenvalue weighted by atomic mass is 32.2. The van der Waals surface area contributed by atoms with Gasteiger partial charge in [-0.25, -0.2) is 0 Å². The van der Waals surface area contributed by atoms with Crippen LogP contribution in [0.25, 0.3) is 0 Å². The Morgan fingerprint density at radius 2 is 2.14 bits per heavy atom. The Bertz CT molecular complexity index is 697. The number of aliphatic imine (C=N–C) groups is 1. The Labute approximate surface area is 132 Å². The van der Waals surface area contributed by atoms with Crippen LogP contribution in [0.15, 0.2) is 46.1 Å². The SMILES string of the molecule is CC1(c2ccc(C(=O)Nc3ccon3)cc2)CCSC(N)=N1. The van der Waals surface area contributed by atoms with E-state index in [1.54, 1.807) is 30.0 Å². The number of hydrogen-bond donors (Lipinski definition) is 2. The normalized spacial score (nSPS) is 21.2. The second-order valence-corrected chi connectivity index (χ2v) is 6.35. The van der Waals surface area contributed by atoms with Crippen LogP contribution in [0.2, 0.25) is 0 Å². The Balaban J connectivity index is 1.78. The van der Waals surface area contributed by atoms with Gasteiger partial charge in [0.1, 0.15) is 6.26 Å². The first kappa shape index (κ1) is 14.6. The summed E-state index contributed by atoms with van der Waals surface area (Å²) < 4.78 is 4.68. The molecule has 1 aromatic carbocycles. The fourth-order valence-corrected chi connectivity index (χ4v) is 3.32. The van der Waals surface area contributed by atoms with E-state index in [0.29, 0.717) is 16.5 Å². The quantitative estimate of drug-likeness (QED) is 0.907. The molecule has 2 aromatic rings. The van der Waals surface area contributed by atoms with Crippen molar-refractivity contribution in [3.63, 3.8) is 0 Å². The number of hydrogen-bond acceptors (Lipinski definition) is 6. The summed E-state index contributed by atoms with van der Waals surface area (Å²) in [6.07, 6.45) is 2.33. The third-order valence-electron chi connectivity index (χ3n) is 3.64. The van der Waals surface area contributed by atoms with E-state index in [1.165, 1.54) is 6.26 Å². The van der Waals surface area contributed by atoms with Crippen LogP contribution in [0.4, 0.5) is 5.82 Å². The van der Waals surface area contributed by atoms with Crippen LogP contribution in [0.1, 0.15) is 29.3 Å². The molecule has 3 N–H and O–H groups in total. The number of rotatable bonds is 3. The summed E-state index contributed by atoms with van der Waals surface area (Å²) in [6, 6.07) is 8.99. The van der Waals surface area contributed by atoms with Crippen LogP contribution in [-0.4, -0.2) is 22.0 Å². The fourth-order valence-electron chi connectivity index (χ4n) is 2.34. The molecule has 1 atom stereocenters. The van der Waals surface area contributed by atoms with E-state index in [9.17, 15) is 4.79 Å². The van der Waals surface area contributed by atoms with Gasteiger partial charge >= 0.3 is 0 Å². The summed E-state index contributed by atoms with van der Waals surface area (Å²) in [5, 5.41) is 6.92. The standard InChI is InChI=1S/C15H16N4O2S/c1-15(7-9-22-14(16)18-15)11-4-2-10(3-5-11)13(20)17-12-6-8-21-19-12/h2-6,8H,7,9H2,1H3,(H2,16,18)(H,17,19,20). The number of amidine groups is 1. The lowest BCUT2D eigenvalue weighted by molar-refractivity contribution is 0.102. The molecule has 0 radical (unpaired) electrons. The summed E-state index contributed by atoms with van der Waals surface area (Å²) in [5.41, 5.74) is 7.11. The second-order valence-electron chi connectivity index (χ2n) is 5.24. The smallest absolute Gasteiger partial charge is 0.256 e. The first-order valence-corrected chi connectivity index (χ1v) is 7.86. The molecular formula is C15H16N4O2S. The third kappa shape index (κ3) is 2.99. The second kappa shape index (κ2) is 5.84. The van der Waals surface area contributed by atoms with Crippen molar-refractivity contribution < 1.29 is 9.32 Å². The Hall–Kier alpha value is -2.28. The lowest BCUT2D eigenvalue weighted by Gasteiger charge is -2.29. The maximum Gasteiger partial charge on any atom is 0.256 e. The lowest BCUT2D eigenvalue weighted by Crippen LogP contribution is -2.28. The molecule has 7 heteroatoms. The van der Waals surface area contributed by atoms with E-state index in [2.05, 4.69) is 26.9 Å². The van der Waals surface area contributed by atoms with E-state index in [0.717, 1.165) is 17.7 Å². The van der Waals surface area contributed by atoms with E-state index < -0.39 is 0 Å². The highest BCUT2D eigenvalue weighted by Gasteiger charge is 2.29. The number of amides is 1. The Morgan fingerprint density at radius 3 is 2.77 bits per heavy atom. The van der Waals surface area contributed by atoms with Crippen LogP contribution in [0.5, 0.6) is 0 Å². The summed E-state index contributed by atoms with van der Waals surface area (Å²) in [5.74, 6) is 1.11. The molecule has 2 heterocycles. The van der Waals surface area contributed by atoms with Crippen molar-refractivity contribution in [2.45, 2.75) is 18.9 Å². The highest BCUT2D eigenvalue weighted by molar-refractivity contribution is 8.13. The molecule has 1 aliphatic rings. The monoisotopic (exact) mass is 316 g/mol. The molecule has 1 amide bonds. The van der Waals surface area contributed by atoms with Crippen LogP contribution in [0.3, 0.4) is 0 Å². The Kier molecular flexibility index (Phi) is 3.89. The molecule has 1 unspecified atom stereocenters. The largest absolute Gasteiger partial charge is 0.379 e. The Morgan fingerprint density at radius 1 is 1.36 bits per heavy atom. The van der Waals surface area contributed by atoms with E-state index in [4.69, 9.17) is 5.73 Å². The number of aromatic nitrogens is 1. The van der Waals surface area contributed by atoms with E-state index >= 15 is 0 Å². The van der Waals surface area contributed by atoms with Gasteiger partial charge in [0.2, 0.25) is 0 Å². The van der Waals surface area contributed by atoms with Crippen molar-refractivity contribution in [2.75, 3.05) is 11.1 Å². The molecule has 22 heavy (non-hydrogen) atoms. The molecule has 3 rings (SSSR count). The summed E-state index contributed by atoms with van der Waals surface area (Å²) in [7, 11) is 0. The lowest BCUT2D eigenvalue weighted by atomic mass is 9.89. The van der Waals surface area contributed by atoms with Crippen molar-refractivity contribution >= 4 is 28.7 Å². The predicted octanol–water partition coefficient (Wildman–Crippen LogP) is 2.59. The van der Waals surface area contributed by atoms with Gasteiger partial charge in [-0.15, -0.1) is 0 Å². The number of carbonyl (C=O) groups excluding carboxylic acids is 1. The van der Waals surface area contributed by atoms with Gasteiger partial charge in [-0.05, 0) is 31.0 Å². The van der Waals surface area contributed by atoms with Crippen LogP contribution in [-0.2, 0) is 5.54 Å². The van der Waals surface area contributed by atoms with Gasteiger partial charge in [0.15, 0.2) is 11.0 Å². The van der Waals surface area contributed by atoms with Crippen molar-refractivity contribution in [3.05, 3.63) is 47.7 Å². The molecule has 0 spiro atoms. The van der Waals surface area contributed by atoms with Gasteiger partial charge in [-0.1, -0.05) is 29.1 Å². The minimum atomic E-state index is -0.323. The van der Waals surface area contributed by atoms with Crippen LogP contribution >= 0.6 is 11.8 Å². The number of carbonyl (C=O) groups is 1. The van der Waals surface area contributed by atoms with Gasteiger partial charge in [0, 0.05) is 17.4 Å². The van der Waals surface area contributed by atoms with Gasteiger partial charge < -0.3 is 15.6 Å². The molecule has 6 nitrogen and oxygen atoms in total. The van der Waals surface area contributed by atoms with E-state index in [1.807, 2.05) is 12.1 Å². The van der Waals surface area contributed by atoms with E-state index in [-0.39, 0.29) is 11.4 Å². The molecule has 1 aliphatic heterocycles. The third-order valence-corrected chi connectivity index (χ3v) is 4.44. The number of nitrogens with two attached hydrogens (primary N) is 1. The van der Waals surface area contributed by atoms with Crippen LogP contribution < -0.4 is 11.1 Å². The molecule has 0 aliphatic carbocycles. The molecule has 0 saturated heterocycles. The van der Waals surface area contributed by atoms with Crippen molar-refractivity contribution in [1.29, 1.82) is 0 Å². The van der Waals surface area contributed by atoms with Gasteiger partial charge in [-0.2, -0.15) is 0 Å². The van der Waals surface area contributed by atoms with Crippen molar-refractivity contribution in [1.82, 2.24) is 5.16 Å².